The van der Waals surface area contributed by atoms with Gasteiger partial charge in [-0.3, -0.25) is 0 Å². The normalized spacial score (nSPS) is 12.0. The molecule has 378 valence electrons. The second kappa shape index (κ2) is 46.6. The van der Waals surface area contributed by atoms with Crippen LogP contribution in [0, 0.1) is 0 Å². The monoisotopic (exact) mass is 1040 g/mol. The van der Waals surface area contributed by atoms with Gasteiger partial charge in [-0.05, 0) is 85.8 Å². The van der Waals surface area contributed by atoms with Gasteiger partial charge in [0.2, 0.25) is 0 Å². The van der Waals surface area contributed by atoms with Crippen molar-refractivity contribution in [2.24, 2.45) is 0 Å². The smallest absolute Gasteiger partial charge is 0.0716 e. The van der Waals surface area contributed by atoms with Crippen molar-refractivity contribution in [3.63, 3.8) is 0 Å². The van der Waals surface area contributed by atoms with Crippen LogP contribution in [0.4, 0.5) is 0 Å². The Morgan fingerprint density at radius 1 is 0.338 bits per heavy atom. The maximum Gasteiger partial charge on any atom is 0.0716 e. The van der Waals surface area contributed by atoms with Gasteiger partial charge in [-0.15, -0.1) is 12.2 Å². The molecule has 0 amide bonds. The van der Waals surface area contributed by atoms with Gasteiger partial charge in [0, 0.05) is 30.9 Å². The van der Waals surface area contributed by atoms with Crippen molar-refractivity contribution in [2.45, 2.75) is 320 Å². The van der Waals surface area contributed by atoms with Crippen molar-refractivity contribution in [1.29, 1.82) is 0 Å². The van der Waals surface area contributed by atoms with Crippen LogP contribution in [-0.4, -0.2) is 4.89 Å². The van der Waals surface area contributed by atoms with E-state index in [0.717, 1.165) is 12.8 Å². The zero-order chi connectivity index (χ0) is 46.0. The first-order valence-electron chi connectivity index (χ1n) is 28.8. The van der Waals surface area contributed by atoms with Gasteiger partial charge in [-0.25, -0.2) is 0 Å². The van der Waals surface area contributed by atoms with Gasteiger partial charge >= 0.3 is 0 Å². The molecular formula is C60H109MoOPS2. The molecule has 5 heteroatoms. The van der Waals surface area contributed by atoms with Crippen molar-refractivity contribution in [1.82, 2.24) is 0 Å². The molecule has 2 rings (SSSR count). The van der Waals surface area contributed by atoms with Crippen molar-refractivity contribution in [3.05, 3.63) is 58.7 Å². The Bertz CT molecular complexity index is 1290. The third kappa shape index (κ3) is 33.4. The number of thiol groups is 1. The van der Waals surface area contributed by atoms with Gasteiger partial charge in [0.05, 0.1) is 6.13 Å². The summed E-state index contributed by atoms with van der Waals surface area (Å²) in [6.07, 6.45) is 57.9. The Morgan fingerprint density at radius 3 is 0.785 bits per heavy atom. The minimum atomic E-state index is -1.90. The first-order valence-corrected chi connectivity index (χ1v) is 33.5. The molecule has 0 aliphatic carbocycles. The van der Waals surface area contributed by atoms with Crippen LogP contribution in [0.15, 0.2) is 46.2 Å². The molecule has 1 nitrogen and oxygen atoms in total. The van der Waals surface area contributed by atoms with Crippen molar-refractivity contribution in [2.75, 3.05) is 0 Å². The number of aryl methyl sites for hydroxylation is 4. The van der Waals surface area contributed by atoms with Crippen molar-refractivity contribution in [3.8, 4) is 0 Å². The second-order valence-electron chi connectivity index (χ2n) is 20.2. The summed E-state index contributed by atoms with van der Waals surface area (Å²) in [5.41, 5.74) is 6.05. The van der Waals surface area contributed by atoms with E-state index in [1.165, 1.54) is 302 Å². The zero-order valence-electron chi connectivity index (χ0n) is 43.8. The molecule has 0 bridgehead atoms. The number of benzene rings is 2. The van der Waals surface area contributed by atoms with E-state index in [9.17, 15) is 4.89 Å². The summed E-state index contributed by atoms with van der Waals surface area (Å²) in [7, 11) is -0.379. The molecule has 0 spiro atoms. The van der Waals surface area contributed by atoms with E-state index in [0.29, 0.717) is 0 Å². The van der Waals surface area contributed by atoms with E-state index in [1.807, 2.05) is 0 Å². The summed E-state index contributed by atoms with van der Waals surface area (Å²) < 4.78 is 0. The second-order valence-corrected chi connectivity index (χ2v) is 26.8. The van der Waals surface area contributed by atoms with E-state index >= 15 is 0 Å². The predicted molar refractivity (Wildman–Crippen MR) is 298 cm³/mol. The number of hydrogen-bond donors (Lipinski definition) is 2. The molecule has 2 aromatic rings. The third-order valence-electron chi connectivity index (χ3n) is 14.1. The molecule has 0 aliphatic rings. The van der Waals surface area contributed by atoms with E-state index in [-0.39, 0.29) is 31.1 Å². The van der Waals surface area contributed by atoms with Gasteiger partial charge < -0.3 is 4.89 Å². The molecule has 1 N–H and O–H groups in total. The minimum Gasteiger partial charge on any atom is -0.363 e. The molecule has 0 fully saturated rings. The number of rotatable bonds is 46. The summed E-state index contributed by atoms with van der Waals surface area (Å²) >= 11 is 5.03. The molecule has 0 heterocycles. The minimum absolute atomic E-state index is 0. The maximum atomic E-state index is 11.8. The van der Waals surface area contributed by atoms with Crippen LogP contribution in [-0.2, 0) is 56.8 Å². The van der Waals surface area contributed by atoms with E-state index < -0.39 is 6.13 Å². The Morgan fingerprint density at radius 2 is 0.554 bits per heavy atom. The summed E-state index contributed by atoms with van der Waals surface area (Å²) in [5.74, 6) is 0. The molecule has 0 saturated heterocycles. The van der Waals surface area contributed by atoms with E-state index in [4.69, 9.17) is 12.2 Å². The molecule has 0 saturated carbocycles. The third-order valence-corrected chi connectivity index (χ3v) is 20.2. The summed E-state index contributed by atoms with van der Waals surface area (Å²) in [5, 5.41) is 0. The van der Waals surface area contributed by atoms with Crippen LogP contribution in [0.1, 0.15) is 307 Å². The molecule has 0 aliphatic heterocycles. The topological polar surface area (TPSA) is 20.2 Å². The molecular weight excluding hydrogens is 928 g/mol. The average molecular weight is 1040 g/mol. The molecule has 2 aromatic carbocycles. The van der Waals surface area contributed by atoms with Gasteiger partial charge in [0.15, 0.2) is 0 Å². The van der Waals surface area contributed by atoms with Crippen LogP contribution in [0.3, 0.4) is 0 Å². The molecule has 1 atom stereocenters. The molecule has 65 heavy (non-hydrogen) atoms. The number of unbranched alkanes of at least 4 members (excludes halogenated alkanes) is 36. The Labute approximate surface area is 430 Å². The van der Waals surface area contributed by atoms with E-state index in [2.05, 4.69) is 64.1 Å². The van der Waals surface area contributed by atoms with Gasteiger partial charge in [0.25, 0.3) is 0 Å². The largest absolute Gasteiger partial charge is 0.363 e. The van der Waals surface area contributed by atoms with Gasteiger partial charge in [0.1, 0.15) is 0 Å². The van der Waals surface area contributed by atoms with Gasteiger partial charge in [-0.1, -0.05) is 293 Å². The van der Waals surface area contributed by atoms with Crippen LogP contribution in [0.5, 0.6) is 0 Å². The van der Waals surface area contributed by atoms with Gasteiger partial charge in [-0.2, -0.15) is 0 Å². The summed E-state index contributed by atoms with van der Waals surface area (Å²) in [4.78, 5) is 14.6. The first-order chi connectivity index (χ1) is 31.5. The first kappa shape index (κ1) is 63.2. The maximum absolute atomic E-state index is 11.8. The predicted octanol–water partition coefficient (Wildman–Crippen LogP) is 21.5. The van der Waals surface area contributed by atoms with Crippen LogP contribution < -0.4 is 0 Å². The zero-order valence-corrected chi connectivity index (χ0v) is 48.5. The molecule has 1 unspecified atom stereocenters. The van der Waals surface area contributed by atoms with Crippen molar-refractivity contribution >= 4 is 28.4 Å². The van der Waals surface area contributed by atoms with E-state index in [1.54, 1.807) is 0 Å². The van der Waals surface area contributed by atoms with Crippen LogP contribution in [0.2, 0.25) is 0 Å². The fourth-order valence-corrected chi connectivity index (χ4v) is 15.9. The van der Waals surface area contributed by atoms with Crippen LogP contribution in [0.25, 0.3) is 0 Å². The molecule has 0 radical (unpaired) electrons. The summed E-state index contributed by atoms with van der Waals surface area (Å²) in [6, 6.07) is 14.9. The fourth-order valence-electron chi connectivity index (χ4n) is 9.92. The Kier molecular flexibility index (Phi) is 45.3. The quantitative estimate of drug-likeness (QED) is 0.0293. The Balaban J connectivity index is 0.0000211. The Hall–Kier alpha value is 0.218. The SMILES string of the molecule is CCCCCCCCCCCCc1ccc(S(c2ccc(CCCCCCCCCCCC)cc2CCCCCCCCCCCC)=[PH](O)S)c(CCCCCCCCCCCC)c1.[Mo]. The summed E-state index contributed by atoms with van der Waals surface area (Å²) in [6.45, 7) is 9.25. The van der Waals surface area contributed by atoms with Crippen molar-refractivity contribution < 1.29 is 26.0 Å². The standard InChI is InChI=1S/C60H109OPS2.Mo/c1-5-9-13-17-21-25-29-33-37-41-45-55-49-51-59(57(53-55)47-43-39-35-31-27-23-19-15-11-7-3)64(62(61)63)60-52-50-56(46-42-38-34-30-26-22-18-14-10-6-2)54-58(60)48-44-40-36-32-28-24-20-16-12-8-4;/h49-54,61-63H,5-48H2,1-4H3;. The number of hydrogen-bond acceptors (Lipinski definition) is 0. The van der Waals surface area contributed by atoms with Crippen LogP contribution >= 0.6 is 18.4 Å². The molecule has 0 aromatic heterocycles. The average Bonchev–Trinajstić information content (AvgIpc) is 3.30. The fraction of sp³-hybridized carbons (Fsp3) is 0.800.